The van der Waals surface area contributed by atoms with Gasteiger partial charge in [-0.15, -0.1) is 0 Å². The Morgan fingerprint density at radius 2 is 2.00 bits per heavy atom. The van der Waals surface area contributed by atoms with Gasteiger partial charge in [-0.1, -0.05) is 12.1 Å². The van der Waals surface area contributed by atoms with E-state index in [1.54, 1.807) is 18.2 Å². The Balaban J connectivity index is 1.95. The van der Waals surface area contributed by atoms with Gasteiger partial charge in [0.25, 0.3) is 5.91 Å². The molecule has 6 heteroatoms. The van der Waals surface area contributed by atoms with Gasteiger partial charge < -0.3 is 21.1 Å². The van der Waals surface area contributed by atoms with E-state index in [0.717, 1.165) is 5.56 Å². The molecule has 4 N–H and O–H groups in total. The number of carbonyl (C=O) groups is 2. The Bertz CT molecular complexity index is 539. The lowest BCUT2D eigenvalue weighted by atomic mass is 9.90. The van der Waals surface area contributed by atoms with Gasteiger partial charge in [-0.3, -0.25) is 9.59 Å². The normalized spacial score (nSPS) is 16.8. The van der Waals surface area contributed by atoms with E-state index in [4.69, 9.17) is 10.5 Å². The molecule has 0 unspecified atom stereocenters. The van der Waals surface area contributed by atoms with Gasteiger partial charge in [0, 0.05) is 31.9 Å². The molecule has 0 aromatic heterocycles. The highest BCUT2D eigenvalue weighted by Gasteiger charge is 2.35. The predicted molar refractivity (Wildman–Crippen MR) is 83.3 cm³/mol. The molecule has 1 aromatic carbocycles. The second-order valence-corrected chi connectivity index (χ2v) is 5.51. The van der Waals surface area contributed by atoms with Crippen molar-refractivity contribution in [3.8, 4) is 0 Å². The van der Waals surface area contributed by atoms with Crippen LogP contribution in [0.3, 0.4) is 0 Å². The largest absolute Gasteiger partial charge is 0.381 e. The summed E-state index contributed by atoms with van der Waals surface area (Å²) in [4.78, 5) is 24.0. The van der Waals surface area contributed by atoms with Crippen LogP contribution in [0.1, 0.15) is 35.7 Å². The highest BCUT2D eigenvalue weighted by molar-refractivity contribution is 5.94. The molecule has 0 saturated carbocycles. The van der Waals surface area contributed by atoms with Crippen LogP contribution in [0.4, 0.5) is 0 Å². The summed E-state index contributed by atoms with van der Waals surface area (Å²) in [6, 6.07) is 7.20. The number of amides is 2. The molecule has 0 aliphatic carbocycles. The van der Waals surface area contributed by atoms with Gasteiger partial charge in [-0.05, 0) is 37.5 Å². The van der Waals surface area contributed by atoms with E-state index in [1.807, 2.05) is 13.0 Å². The van der Waals surface area contributed by atoms with Crippen molar-refractivity contribution in [3.63, 3.8) is 0 Å². The minimum atomic E-state index is -0.852. The first-order valence-corrected chi connectivity index (χ1v) is 7.57. The van der Waals surface area contributed by atoms with Crippen LogP contribution in [0.2, 0.25) is 0 Å². The summed E-state index contributed by atoms with van der Waals surface area (Å²) < 4.78 is 5.24. The molecule has 1 aromatic rings. The Labute approximate surface area is 130 Å². The second kappa shape index (κ2) is 7.38. The summed E-state index contributed by atoms with van der Waals surface area (Å²) in [6.07, 6.45) is 1.05. The summed E-state index contributed by atoms with van der Waals surface area (Å²) >= 11 is 0. The van der Waals surface area contributed by atoms with Crippen LogP contribution in [-0.2, 0) is 16.1 Å². The molecule has 0 radical (unpaired) electrons. The van der Waals surface area contributed by atoms with Gasteiger partial charge in [0.15, 0.2) is 0 Å². The van der Waals surface area contributed by atoms with E-state index in [1.165, 1.54) is 0 Å². The first-order valence-electron chi connectivity index (χ1n) is 7.57. The summed E-state index contributed by atoms with van der Waals surface area (Å²) in [7, 11) is 0. The van der Waals surface area contributed by atoms with Gasteiger partial charge in [-0.25, -0.2) is 0 Å². The smallest absolute Gasteiger partial charge is 0.251 e. The van der Waals surface area contributed by atoms with Gasteiger partial charge in [0.05, 0.1) is 5.54 Å². The Morgan fingerprint density at radius 3 is 2.68 bits per heavy atom. The lowest BCUT2D eigenvalue weighted by Gasteiger charge is -2.31. The standard InChI is InChI=1S/C16H23N3O3/c1-2-18-14(20)13-5-3-4-12(10-13)11-19-15(21)16(17)6-8-22-9-7-16/h3-5,10H,2,6-9,11,17H2,1H3,(H,18,20)(H,19,21). The summed E-state index contributed by atoms with van der Waals surface area (Å²) in [6.45, 7) is 3.83. The molecule has 1 saturated heterocycles. The van der Waals surface area contributed by atoms with Crippen molar-refractivity contribution in [1.29, 1.82) is 0 Å². The van der Waals surface area contributed by atoms with Crippen LogP contribution in [0, 0.1) is 0 Å². The lowest BCUT2D eigenvalue weighted by Crippen LogP contribution is -2.56. The minimum absolute atomic E-state index is 0.115. The van der Waals surface area contributed by atoms with E-state index in [0.29, 0.717) is 44.7 Å². The van der Waals surface area contributed by atoms with Gasteiger partial charge in [-0.2, -0.15) is 0 Å². The summed E-state index contributed by atoms with van der Waals surface area (Å²) in [5.41, 5.74) is 6.73. The number of carbonyl (C=O) groups excluding carboxylic acids is 2. The zero-order chi connectivity index (χ0) is 16.0. The fraction of sp³-hybridized carbons (Fsp3) is 0.500. The first-order chi connectivity index (χ1) is 10.5. The Hall–Kier alpha value is -1.92. The molecular weight excluding hydrogens is 282 g/mol. The molecule has 1 fully saturated rings. The number of nitrogens with one attached hydrogen (secondary N) is 2. The van der Waals surface area contributed by atoms with Crippen LogP contribution < -0.4 is 16.4 Å². The third-order valence-electron chi connectivity index (χ3n) is 3.82. The van der Waals surface area contributed by atoms with Crippen molar-refractivity contribution in [3.05, 3.63) is 35.4 Å². The zero-order valence-electron chi connectivity index (χ0n) is 12.9. The highest BCUT2D eigenvalue weighted by atomic mass is 16.5. The summed E-state index contributed by atoms with van der Waals surface area (Å²) in [5, 5.41) is 5.61. The van der Waals surface area contributed by atoms with Crippen LogP contribution in [0.15, 0.2) is 24.3 Å². The molecule has 2 rings (SSSR count). The average molecular weight is 305 g/mol. The number of benzene rings is 1. The number of hydrogen-bond donors (Lipinski definition) is 3. The zero-order valence-corrected chi connectivity index (χ0v) is 12.9. The maximum absolute atomic E-state index is 12.2. The van der Waals surface area contributed by atoms with Crippen LogP contribution in [-0.4, -0.2) is 37.1 Å². The lowest BCUT2D eigenvalue weighted by molar-refractivity contribution is -0.129. The monoisotopic (exact) mass is 305 g/mol. The van der Waals surface area contributed by atoms with E-state index in [-0.39, 0.29) is 11.8 Å². The fourth-order valence-corrected chi connectivity index (χ4v) is 2.41. The van der Waals surface area contributed by atoms with Gasteiger partial charge in [0.2, 0.25) is 5.91 Å². The predicted octanol–water partition coefficient (Wildman–Crippen LogP) is 0.560. The number of hydrogen-bond acceptors (Lipinski definition) is 4. The number of rotatable bonds is 5. The molecule has 1 aliphatic rings. The molecule has 1 heterocycles. The van der Waals surface area contributed by atoms with Gasteiger partial charge >= 0.3 is 0 Å². The molecule has 6 nitrogen and oxygen atoms in total. The molecule has 120 valence electrons. The van der Waals surface area contributed by atoms with E-state index >= 15 is 0 Å². The van der Waals surface area contributed by atoms with E-state index in [2.05, 4.69) is 10.6 Å². The molecule has 0 spiro atoms. The fourth-order valence-electron chi connectivity index (χ4n) is 2.41. The third-order valence-corrected chi connectivity index (χ3v) is 3.82. The maximum atomic E-state index is 12.2. The summed E-state index contributed by atoms with van der Waals surface area (Å²) in [5.74, 6) is -0.283. The van der Waals surface area contributed by atoms with Crippen LogP contribution in [0.5, 0.6) is 0 Å². The first kappa shape index (κ1) is 16.5. The van der Waals surface area contributed by atoms with Crippen LogP contribution >= 0.6 is 0 Å². The van der Waals surface area contributed by atoms with Crippen molar-refractivity contribution in [2.45, 2.75) is 31.8 Å². The van der Waals surface area contributed by atoms with Gasteiger partial charge in [0.1, 0.15) is 0 Å². The number of ether oxygens (including phenoxy) is 1. The number of nitrogens with two attached hydrogens (primary N) is 1. The SMILES string of the molecule is CCNC(=O)c1cccc(CNC(=O)C2(N)CCOCC2)c1. The molecular formula is C16H23N3O3. The molecule has 22 heavy (non-hydrogen) atoms. The van der Waals surface area contributed by atoms with Crippen molar-refractivity contribution in [2.75, 3.05) is 19.8 Å². The molecule has 0 bridgehead atoms. The highest BCUT2D eigenvalue weighted by Crippen LogP contribution is 2.18. The minimum Gasteiger partial charge on any atom is -0.381 e. The Kier molecular flexibility index (Phi) is 5.51. The van der Waals surface area contributed by atoms with E-state index in [9.17, 15) is 9.59 Å². The van der Waals surface area contributed by atoms with Crippen LogP contribution in [0.25, 0.3) is 0 Å². The van der Waals surface area contributed by atoms with Crippen molar-refractivity contribution in [2.24, 2.45) is 5.73 Å². The second-order valence-electron chi connectivity index (χ2n) is 5.51. The maximum Gasteiger partial charge on any atom is 0.251 e. The third kappa shape index (κ3) is 4.05. The van der Waals surface area contributed by atoms with Crippen molar-refractivity contribution in [1.82, 2.24) is 10.6 Å². The molecule has 2 amide bonds. The molecule has 1 aliphatic heterocycles. The Morgan fingerprint density at radius 1 is 1.27 bits per heavy atom. The topological polar surface area (TPSA) is 93.5 Å². The average Bonchev–Trinajstić information content (AvgIpc) is 2.54. The van der Waals surface area contributed by atoms with Crippen molar-refractivity contribution < 1.29 is 14.3 Å². The quantitative estimate of drug-likeness (QED) is 0.741. The van der Waals surface area contributed by atoms with Crippen molar-refractivity contribution >= 4 is 11.8 Å². The van der Waals surface area contributed by atoms with E-state index < -0.39 is 5.54 Å². The molecule has 0 atom stereocenters.